The minimum Gasteiger partial charge on any atom is -0.457 e. The fraction of sp³-hybridized carbons (Fsp3) is 0.130. The highest BCUT2D eigenvalue weighted by Gasteiger charge is 2.51. The van der Waals surface area contributed by atoms with Crippen molar-refractivity contribution in [3.63, 3.8) is 0 Å². The van der Waals surface area contributed by atoms with Crippen LogP contribution in [0.15, 0.2) is 133 Å². The van der Waals surface area contributed by atoms with E-state index < -0.39 is 8.07 Å². The van der Waals surface area contributed by atoms with E-state index in [0.29, 0.717) is 0 Å². The van der Waals surface area contributed by atoms with Crippen LogP contribution in [0.4, 0.5) is 28.4 Å². The molecule has 0 atom stereocenters. The molecule has 244 valence electrons. The molecule has 0 fully saturated rings. The molecule has 51 heavy (non-hydrogen) atoms. The Morgan fingerprint density at radius 3 is 2.20 bits per heavy atom. The second-order valence-corrected chi connectivity index (χ2v) is 20.1. The van der Waals surface area contributed by atoms with E-state index >= 15 is 0 Å². The number of benzene rings is 7. The highest BCUT2D eigenvalue weighted by Crippen LogP contribution is 2.55. The first kappa shape index (κ1) is 29.2. The van der Waals surface area contributed by atoms with Crippen LogP contribution in [0.1, 0.15) is 30.5 Å². The highest BCUT2D eigenvalue weighted by atomic mass is 28.3. The highest BCUT2D eigenvalue weighted by molar-refractivity contribution is 7.04. The van der Waals surface area contributed by atoms with Crippen LogP contribution in [0.25, 0.3) is 21.9 Å². The van der Waals surface area contributed by atoms with Crippen molar-refractivity contribution in [2.45, 2.75) is 39.3 Å². The summed E-state index contributed by atoms with van der Waals surface area (Å²) in [5.74, 6) is 1.88. The minimum atomic E-state index is -2.05. The summed E-state index contributed by atoms with van der Waals surface area (Å²) in [7, 11) is -2.05. The third-order valence-corrected chi connectivity index (χ3v) is 15.9. The van der Waals surface area contributed by atoms with Crippen molar-refractivity contribution in [3.05, 3.63) is 150 Å². The van der Waals surface area contributed by atoms with E-state index in [-0.39, 0.29) is 12.3 Å². The molecule has 0 bridgehead atoms. The number of ether oxygens (including phenoxy) is 1. The molecule has 0 N–H and O–H groups in total. The molecule has 0 unspecified atom stereocenters. The van der Waals surface area contributed by atoms with Crippen LogP contribution in [0, 0.1) is 6.92 Å². The van der Waals surface area contributed by atoms with Crippen LogP contribution in [0.2, 0.25) is 13.1 Å². The van der Waals surface area contributed by atoms with Gasteiger partial charge in [-0.05, 0) is 81.1 Å². The topological polar surface area (TPSA) is 15.7 Å². The van der Waals surface area contributed by atoms with Gasteiger partial charge in [0.05, 0.1) is 5.69 Å². The van der Waals surface area contributed by atoms with Crippen LogP contribution in [0.5, 0.6) is 11.5 Å². The molecule has 7 aromatic carbocycles. The molecule has 11 rings (SSSR count). The second kappa shape index (κ2) is 9.83. The Hall–Kier alpha value is -5.52. The van der Waals surface area contributed by atoms with Crippen molar-refractivity contribution in [2.75, 3.05) is 9.71 Å². The summed E-state index contributed by atoms with van der Waals surface area (Å²) in [6.07, 6.45) is 0. The summed E-state index contributed by atoms with van der Waals surface area (Å²) < 4.78 is 6.81. The van der Waals surface area contributed by atoms with Crippen LogP contribution in [0.3, 0.4) is 0 Å². The summed E-state index contributed by atoms with van der Waals surface area (Å²) in [5.41, 5.74) is 15.2. The monoisotopic (exact) mass is 672 g/mol. The zero-order chi connectivity index (χ0) is 34.4. The molecule has 3 nitrogen and oxygen atoms in total. The lowest BCUT2D eigenvalue weighted by molar-refractivity contribution is 0.418. The Morgan fingerprint density at radius 1 is 0.608 bits per heavy atom. The summed E-state index contributed by atoms with van der Waals surface area (Å²) in [5, 5.41) is 5.54. The van der Waals surface area contributed by atoms with Crippen molar-refractivity contribution < 1.29 is 4.74 Å². The first-order chi connectivity index (χ1) is 24.7. The smallest absolute Gasteiger partial charge is 0.333 e. The third-order valence-electron chi connectivity index (χ3n) is 12.4. The van der Waals surface area contributed by atoms with E-state index in [4.69, 9.17) is 4.74 Å². The lowest BCUT2D eigenvalue weighted by Crippen LogP contribution is -2.67. The molecule has 0 aromatic heterocycles. The molecule has 0 amide bonds. The van der Waals surface area contributed by atoms with E-state index in [2.05, 4.69) is 177 Å². The zero-order valence-electron chi connectivity index (χ0n) is 29.6. The van der Waals surface area contributed by atoms with Crippen LogP contribution >= 0.6 is 0 Å². The van der Waals surface area contributed by atoms with Gasteiger partial charge in [0, 0.05) is 50.2 Å². The van der Waals surface area contributed by atoms with Gasteiger partial charge in [-0.1, -0.05) is 124 Å². The summed E-state index contributed by atoms with van der Waals surface area (Å²) in [4.78, 5) is 5.31. The summed E-state index contributed by atoms with van der Waals surface area (Å²) >= 11 is 0. The molecule has 0 saturated heterocycles. The van der Waals surface area contributed by atoms with Gasteiger partial charge in [-0.25, -0.2) is 0 Å². The number of hydrogen-bond acceptors (Lipinski definition) is 3. The first-order valence-electron chi connectivity index (χ1n) is 18.1. The maximum Gasteiger partial charge on any atom is 0.333 e. The fourth-order valence-corrected chi connectivity index (χ4v) is 12.9. The van der Waals surface area contributed by atoms with E-state index in [1.54, 1.807) is 0 Å². The van der Waals surface area contributed by atoms with Crippen LogP contribution in [-0.4, -0.2) is 14.9 Å². The lowest BCUT2D eigenvalue weighted by Gasteiger charge is -2.51. The Morgan fingerprint density at radius 2 is 1.33 bits per heavy atom. The van der Waals surface area contributed by atoms with Crippen molar-refractivity contribution >= 4 is 75.4 Å². The molecule has 0 aliphatic carbocycles. The Labute approximate surface area is 300 Å². The number of nitrogens with zero attached hydrogens (tertiary/aromatic N) is 2. The van der Waals surface area contributed by atoms with Gasteiger partial charge >= 0.3 is 6.85 Å². The maximum absolute atomic E-state index is 6.81. The molecule has 0 radical (unpaired) electrons. The molecule has 0 spiro atoms. The summed E-state index contributed by atoms with van der Waals surface area (Å²) in [6.45, 7) is 12.0. The van der Waals surface area contributed by atoms with Gasteiger partial charge in [0.1, 0.15) is 19.6 Å². The SMILES string of the molecule is Cc1ccccc1N1B2c3cccc4c3N(c3ccccc3[Si]4(C)C)c3c2c(cc2ccccc32)-c2cc3c(cc21)C(C)(C)c1ccccc1O3. The van der Waals surface area contributed by atoms with Crippen LogP contribution < -0.4 is 35.7 Å². The third kappa shape index (κ3) is 3.64. The number of anilines is 5. The van der Waals surface area contributed by atoms with Gasteiger partial charge in [-0.3, -0.25) is 0 Å². The number of aryl methyl sites for hydroxylation is 1. The van der Waals surface area contributed by atoms with Crippen molar-refractivity contribution in [1.82, 2.24) is 0 Å². The molecule has 7 aromatic rings. The van der Waals surface area contributed by atoms with Gasteiger partial charge in [0.25, 0.3) is 0 Å². The van der Waals surface area contributed by atoms with Gasteiger partial charge in [0.15, 0.2) is 0 Å². The molecule has 4 aliphatic heterocycles. The van der Waals surface area contributed by atoms with Gasteiger partial charge in [-0.2, -0.15) is 0 Å². The Balaban J connectivity index is 1.32. The van der Waals surface area contributed by atoms with Crippen LogP contribution in [-0.2, 0) is 5.41 Å². The minimum absolute atomic E-state index is 0.0209. The predicted octanol–water partition coefficient (Wildman–Crippen LogP) is 9.42. The van der Waals surface area contributed by atoms with Gasteiger partial charge < -0.3 is 14.4 Å². The van der Waals surface area contributed by atoms with Gasteiger partial charge in [0.2, 0.25) is 0 Å². The number of rotatable bonds is 1. The molecule has 0 saturated carbocycles. The number of fused-ring (bicyclic) bond motifs is 10. The zero-order valence-corrected chi connectivity index (χ0v) is 30.6. The quantitative estimate of drug-likeness (QED) is 0.162. The van der Waals surface area contributed by atoms with Crippen molar-refractivity contribution in [3.8, 4) is 22.6 Å². The standard InChI is InChI=1S/C46H37BN2OSi/c1-28-15-6-10-20-36(28)49-38-27-34-40(50-39-22-12-9-18-33(39)46(34,2)3)26-31(38)32-25-29-16-7-8-17-30(29)44-43(32)47(49)35-19-14-24-42-45(35)48(44)37-21-11-13-23-41(37)51(42,4)5/h6-27H,1-5H3. The molecule has 4 aliphatic rings. The number of para-hydroxylation sites is 4. The van der Waals surface area contributed by atoms with Gasteiger partial charge in [-0.15, -0.1) is 0 Å². The maximum atomic E-state index is 6.81. The molecule has 5 heteroatoms. The molecule has 4 heterocycles. The van der Waals surface area contributed by atoms with E-state index in [9.17, 15) is 0 Å². The Bertz CT molecular complexity index is 2680. The molecular formula is C46H37BN2OSi. The largest absolute Gasteiger partial charge is 0.457 e. The predicted molar refractivity (Wildman–Crippen MR) is 218 cm³/mol. The molecular weight excluding hydrogens is 635 g/mol. The Kier molecular flexibility index (Phi) is 5.64. The van der Waals surface area contributed by atoms with Crippen molar-refractivity contribution in [1.29, 1.82) is 0 Å². The first-order valence-corrected chi connectivity index (χ1v) is 21.1. The van der Waals surface area contributed by atoms with E-state index in [0.717, 1.165) is 11.5 Å². The fourth-order valence-electron chi connectivity index (χ4n) is 9.87. The average molecular weight is 673 g/mol. The van der Waals surface area contributed by atoms with E-state index in [1.807, 2.05) is 0 Å². The average Bonchev–Trinajstić information content (AvgIpc) is 3.14. The van der Waals surface area contributed by atoms with Crippen molar-refractivity contribution in [2.24, 2.45) is 0 Å². The lowest BCUT2D eigenvalue weighted by atomic mass is 9.43. The number of hydrogen-bond donors (Lipinski definition) is 0. The summed E-state index contributed by atoms with van der Waals surface area (Å²) in [6, 6.07) is 50.1. The normalized spacial score (nSPS) is 16.3. The second-order valence-electron chi connectivity index (χ2n) is 15.8. The van der Waals surface area contributed by atoms with E-state index in [1.165, 1.54) is 88.3 Å².